The van der Waals surface area contributed by atoms with Crippen LogP contribution in [-0.4, -0.2) is 22.6 Å². The van der Waals surface area contributed by atoms with Crippen molar-refractivity contribution in [3.63, 3.8) is 0 Å². The van der Waals surface area contributed by atoms with E-state index < -0.39 is 11.0 Å². The van der Waals surface area contributed by atoms with Gasteiger partial charge in [0.05, 0.1) is 17.4 Å². The lowest BCUT2D eigenvalue weighted by atomic mass is 9.67. The van der Waals surface area contributed by atoms with Gasteiger partial charge in [0.2, 0.25) is 0 Å². The minimum absolute atomic E-state index is 0.208. The van der Waals surface area contributed by atoms with Crippen LogP contribution in [0.5, 0.6) is 5.75 Å². The van der Waals surface area contributed by atoms with Gasteiger partial charge in [-0.1, -0.05) is 113 Å². The van der Waals surface area contributed by atoms with E-state index in [9.17, 15) is 9.90 Å². The van der Waals surface area contributed by atoms with Crippen molar-refractivity contribution in [2.45, 2.75) is 44.6 Å². The summed E-state index contributed by atoms with van der Waals surface area (Å²) in [6, 6.07) is 33.4. The van der Waals surface area contributed by atoms with Crippen LogP contribution in [0.1, 0.15) is 61.4 Å². The van der Waals surface area contributed by atoms with Crippen LogP contribution in [0.2, 0.25) is 0 Å². The van der Waals surface area contributed by atoms with Gasteiger partial charge in [-0.15, -0.1) is 0 Å². The van der Waals surface area contributed by atoms with E-state index in [0.29, 0.717) is 12.2 Å². The van der Waals surface area contributed by atoms with E-state index >= 15 is 0 Å². The minimum Gasteiger partial charge on any atom is -0.427 e. The first kappa shape index (κ1) is 27.6. The molecular formula is C34H34O3S2. The molecule has 0 bridgehead atoms. The molecule has 3 nitrogen and oxygen atoms in total. The van der Waals surface area contributed by atoms with Gasteiger partial charge < -0.3 is 9.84 Å². The van der Waals surface area contributed by atoms with E-state index in [2.05, 4.69) is 79.7 Å². The van der Waals surface area contributed by atoms with Crippen molar-refractivity contribution in [3.8, 4) is 16.9 Å². The molecule has 0 amide bonds. The van der Waals surface area contributed by atoms with Crippen LogP contribution in [0.4, 0.5) is 0 Å². The van der Waals surface area contributed by atoms with Crippen LogP contribution in [-0.2, 0) is 15.8 Å². The highest BCUT2D eigenvalue weighted by Crippen LogP contribution is 2.56. The molecule has 0 aliphatic heterocycles. The Hall–Kier alpha value is -2.99. The molecule has 0 fully saturated rings. The number of hydrogen-bond donors (Lipinski definition) is 1. The zero-order valence-electron chi connectivity index (χ0n) is 22.6. The van der Waals surface area contributed by atoms with Crippen molar-refractivity contribution in [1.29, 1.82) is 0 Å². The molecule has 0 saturated heterocycles. The maximum Gasteiger partial charge on any atom is 0.312 e. The number of carbonyl (C=O) groups is 1. The van der Waals surface area contributed by atoms with E-state index in [1.165, 1.54) is 22.3 Å². The second-order valence-corrected chi connectivity index (χ2v) is 13.1. The van der Waals surface area contributed by atoms with Crippen LogP contribution in [0.25, 0.3) is 11.1 Å². The highest BCUT2D eigenvalue weighted by molar-refractivity contribution is 8.76. The molecule has 5 rings (SSSR count). The summed E-state index contributed by atoms with van der Waals surface area (Å²) in [5.41, 5.74) is 6.50. The van der Waals surface area contributed by atoms with Gasteiger partial charge in [0.15, 0.2) is 0 Å². The number of benzene rings is 4. The number of esters is 1. The Morgan fingerprint density at radius 3 is 1.82 bits per heavy atom. The molecule has 4 aromatic carbocycles. The zero-order chi connectivity index (χ0) is 27.5. The number of aliphatic hydroxyl groups is 1. The van der Waals surface area contributed by atoms with Crippen LogP contribution in [0.15, 0.2) is 97.1 Å². The Labute approximate surface area is 239 Å². The summed E-state index contributed by atoms with van der Waals surface area (Å²) >= 11 is 0. The molecule has 0 radical (unpaired) electrons. The summed E-state index contributed by atoms with van der Waals surface area (Å²) in [5, 5.41) is 10.6. The first-order chi connectivity index (χ1) is 18.9. The molecule has 1 aliphatic rings. The Morgan fingerprint density at radius 2 is 1.28 bits per heavy atom. The van der Waals surface area contributed by atoms with Gasteiger partial charge >= 0.3 is 5.97 Å². The molecule has 0 heterocycles. The lowest BCUT2D eigenvalue weighted by Crippen LogP contribution is -2.29. The monoisotopic (exact) mass is 554 g/mol. The quantitative estimate of drug-likeness (QED) is 0.0813. The van der Waals surface area contributed by atoms with Crippen LogP contribution >= 0.6 is 21.6 Å². The highest BCUT2D eigenvalue weighted by atomic mass is 33.1. The molecule has 1 aliphatic carbocycles. The first-order valence-corrected chi connectivity index (χ1v) is 15.9. The van der Waals surface area contributed by atoms with Crippen molar-refractivity contribution in [1.82, 2.24) is 0 Å². The maximum atomic E-state index is 12.4. The lowest BCUT2D eigenvalue weighted by molar-refractivity contribution is -0.133. The van der Waals surface area contributed by atoms with Crippen LogP contribution in [0.3, 0.4) is 0 Å². The average molecular weight is 555 g/mol. The average Bonchev–Trinajstić information content (AvgIpc) is 3.24. The fourth-order valence-corrected chi connectivity index (χ4v) is 7.54. The molecule has 0 spiro atoms. The molecule has 5 heteroatoms. The summed E-state index contributed by atoms with van der Waals surface area (Å²) in [7, 11) is 3.52. The summed E-state index contributed by atoms with van der Waals surface area (Å²) in [6.07, 6.45) is 1.52. The van der Waals surface area contributed by atoms with Gasteiger partial charge in [0, 0.05) is 11.5 Å². The van der Waals surface area contributed by atoms with E-state index in [1.807, 2.05) is 24.3 Å². The summed E-state index contributed by atoms with van der Waals surface area (Å²) in [6.45, 7) is 5.77. The molecule has 0 unspecified atom stereocenters. The molecule has 0 saturated carbocycles. The predicted octanol–water partition coefficient (Wildman–Crippen LogP) is 8.36. The molecule has 0 aromatic heterocycles. The summed E-state index contributed by atoms with van der Waals surface area (Å²) in [5.74, 6) is 2.19. The van der Waals surface area contributed by atoms with E-state index in [-0.39, 0.29) is 5.97 Å². The van der Waals surface area contributed by atoms with Crippen molar-refractivity contribution in [2.24, 2.45) is 0 Å². The number of ether oxygens (including phenoxy) is 1. The van der Waals surface area contributed by atoms with Crippen LogP contribution < -0.4 is 4.74 Å². The summed E-state index contributed by atoms with van der Waals surface area (Å²) < 4.78 is 5.68. The van der Waals surface area contributed by atoms with Gasteiger partial charge in [0.25, 0.3) is 0 Å². The molecule has 0 atom stereocenters. The highest BCUT2D eigenvalue weighted by Gasteiger charge is 2.45. The number of hydrogen-bond acceptors (Lipinski definition) is 5. The first-order valence-electron chi connectivity index (χ1n) is 13.4. The van der Waals surface area contributed by atoms with Crippen molar-refractivity contribution >= 4 is 27.6 Å². The van der Waals surface area contributed by atoms with Gasteiger partial charge in [0.1, 0.15) is 5.75 Å². The Morgan fingerprint density at radius 1 is 0.769 bits per heavy atom. The maximum absolute atomic E-state index is 12.4. The third-order valence-corrected chi connectivity index (χ3v) is 9.87. The largest absolute Gasteiger partial charge is 0.427 e. The second kappa shape index (κ2) is 11.6. The second-order valence-electron chi connectivity index (χ2n) is 10.4. The Kier molecular flexibility index (Phi) is 8.22. The van der Waals surface area contributed by atoms with Gasteiger partial charge in [-0.25, -0.2) is 0 Å². The smallest absolute Gasteiger partial charge is 0.312 e. The van der Waals surface area contributed by atoms with Gasteiger partial charge in [-0.05, 0) is 71.3 Å². The fraction of sp³-hybridized carbons (Fsp3) is 0.265. The molecule has 39 heavy (non-hydrogen) atoms. The third kappa shape index (κ3) is 5.41. The fourth-order valence-electron chi connectivity index (χ4n) is 5.43. The molecule has 4 aromatic rings. The van der Waals surface area contributed by atoms with Gasteiger partial charge in [-0.3, -0.25) is 4.79 Å². The number of rotatable bonds is 10. The SMILES string of the molecule is CCCSSCCC(=O)Oc1ccc(C2(c3ccc(C(C)(C)O)cc3)c3ccccc3-c3ccccc32)cc1. The molecule has 200 valence electrons. The number of carbonyl (C=O) groups excluding carboxylic acids is 1. The van der Waals surface area contributed by atoms with Crippen molar-refractivity contribution in [2.75, 3.05) is 11.5 Å². The third-order valence-electron chi connectivity index (χ3n) is 7.26. The lowest BCUT2D eigenvalue weighted by Gasteiger charge is -2.34. The van der Waals surface area contributed by atoms with E-state index in [0.717, 1.165) is 34.6 Å². The zero-order valence-corrected chi connectivity index (χ0v) is 24.3. The topological polar surface area (TPSA) is 46.5 Å². The molecule has 1 N–H and O–H groups in total. The minimum atomic E-state index is -0.921. The standard InChI is InChI=1S/C34H34O3S2/c1-4-22-38-39-23-21-32(35)37-27-19-17-26(18-20-27)34(25-15-13-24(14-16-25)33(2,3)36)30-11-7-5-9-28(30)29-10-6-8-12-31(29)34/h5-20,36H,4,21-23H2,1-3H3. The van der Waals surface area contributed by atoms with Gasteiger partial charge in [-0.2, -0.15) is 0 Å². The normalized spacial score (nSPS) is 13.5. The Bertz CT molecular complexity index is 1390. The Balaban J connectivity index is 1.54. The molecular weight excluding hydrogens is 521 g/mol. The predicted molar refractivity (Wildman–Crippen MR) is 164 cm³/mol. The number of fused-ring (bicyclic) bond motifs is 3. The van der Waals surface area contributed by atoms with E-state index in [1.54, 1.807) is 35.4 Å². The van der Waals surface area contributed by atoms with Crippen LogP contribution in [0, 0.1) is 0 Å². The summed E-state index contributed by atoms with van der Waals surface area (Å²) in [4.78, 5) is 12.4. The van der Waals surface area contributed by atoms with Crippen molar-refractivity contribution < 1.29 is 14.6 Å². The van der Waals surface area contributed by atoms with Crippen molar-refractivity contribution in [3.05, 3.63) is 125 Å². The van der Waals surface area contributed by atoms with E-state index in [4.69, 9.17) is 4.74 Å².